The fourth-order valence-corrected chi connectivity index (χ4v) is 5.18. The van der Waals surface area contributed by atoms with Crippen molar-refractivity contribution in [1.82, 2.24) is 14.7 Å². The van der Waals surface area contributed by atoms with Gasteiger partial charge in [0.1, 0.15) is 0 Å². The summed E-state index contributed by atoms with van der Waals surface area (Å²) in [5, 5.41) is 0. The number of hydrogen-bond acceptors (Lipinski definition) is 4. The molecule has 0 bridgehead atoms. The first-order valence-corrected chi connectivity index (χ1v) is 10.5. The highest BCUT2D eigenvalue weighted by atomic mass is 16.6. The van der Waals surface area contributed by atoms with Gasteiger partial charge in [0, 0.05) is 38.6 Å². The highest BCUT2D eigenvalue weighted by Gasteiger charge is 2.36. The fourth-order valence-electron chi connectivity index (χ4n) is 5.18. The largest absolute Gasteiger partial charge is 0.450 e. The van der Waals surface area contributed by atoms with Gasteiger partial charge in [-0.05, 0) is 70.9 Å². The Hall–Kier alpha value is -1.30. The van der Waals surface area contributed by atoms with Gasteiger partial charge in [0.25, 0.3) is 0 Å². The molecule has 2 amide bonds. The molecule has 148 valence electrons. The van der Waals surface area contributed by atoms with Crippen LogP contribution in [-0.2, 0) is 9.53 Å². The monoisotopic (exact) mass is 365 g/mol. The smallest absolute Gasteiger partial charge is 0.409 e. The van der Waals surface area contributed by atoms with Gasteiger partial charge in [-0.3, -0.25) is 4.79 Å². The summed E-state index contributed by atoms with van der Waals surface area (Å²) in [6, 6.07) is 1.06. The molecule has 3 rings (SSSR count). The summed E-state index contributed by atoms with van der Waals surface area (Å²) in [5.74, 6) is 0.914. The molecule has 3 aliphatic rings. The van der Waals surface area contributed by atoms with Crippen LogP contribution in [0.1, 0.15) is 58.8 Å². The van der Waals surface area contributed by atoms with Crippen molar-refractivity contribution in [2.75, 3.05) is 39.3 Å². The van der Waals surface area contributed by atoms with Crippen LogP contribution < -0.4 is 0 Å². The van der Waals surface area contributed by atoms with Crippen LogP contribution >= 0.6 is 0 Å². The SMILES string of the molecule is CCOC(=O)N1CCCC(N2CCC(C3CCCN3C(C)=O)CC2)CC1. The Labute approximate surface area is 157 Å². The molecule has 0 N–H and O–H groups in total. The van der Waals surface area contributed by atoms with Crippen molar-refractivity contribution >= 4 is 12.0 Å². The zero-order valence-electron chi connectivity index (χ0n) is 16.5. The molecule has 0 aromatic heterocycles. The maximum atomic E-state index is 12.0. The predicted octanol–water partition coefficient (Wildman–Crippen LogP) is 2.72. The lowest BCUT2D eigenvalue weighted by atomic mass is 9.87. The lowest BCUT2D eigenvalue weighted by molar-refractivity contribution is -0.130. The van der Waals surface area contributed by atoms with Gasteiger partial charge >= 0.3 is 6.09 Å². The number of nitrogens with zero attached hydrogens (tertiary/aromatic N) is 3. The van der Waals surface area contributed by atoms with Crippen molar-refractivity contribution in [3.63, 3.8) is 0 Å². The van der Waals surface area contributed by atoms with E-state index in [1.165, 1.54) is 25.7 Å². The van der Waals surface area contributed by atoms with Crippen LogP contribution in [0.5, 0.6) is 0 Å². The number of carbonyl (C=O) groups is 2. The van der Waals surface area contributed by atoms with E-state index in [-0.39, 0.29) is 12.0 Å². The van der Waals surface area contributed by atoms with E-state index in [1.807, 2.05) is 11.8 Å². The van der Waals surface area contributed by atoms with Crippen LogP contribution in [0.2, 0.25) is 0 Å². The molecule has 6 nitrogen and oxygen atoms in total. The maximum Gasteiger partial charge on any atom is 0.409 e. The molecule has 3 heterocycles. The first-order chi connectivity index (χ1) is 12.6. The summed E-state index contributed by atoms with van der Waals surface area (Å²) >= 11 is 0. The van der Waals surface area contributed by atoms with E-state index in [4.69, 9.17) is 4.74 Å². The summed E-state index contributed by atoms with van der Waals surface area (Å²) in [6.07, 6.45) is 7.87. The van der Waals surface area contributed by atoms with E-state index in [2.05, 4.69) is 9.80 Å². The van der Waals surface area contributed by atoms with Gasteiger partial charge in [-0.1, -0.05) is 0 Å². The number of hydrogen-bond donors (Lipinski definition) is 0. The third kappa shape index (κ3) is 4.51. The van der Waals surface area contributed by atoms with Gasteiger partial charge in [0.2, 0.25) is 5.91 Å². The molecule has 0 aliphatic carbocycles. The van der Waals surface area contributed by atoms with E-state index in [0.29, 0.717) is 24.6 Å². The first kappa shape index (κ1) is 19.5. The molecule has 0 spiro atoms. The molecule has 26 heavy (non-hydrogen) atoms. The van der Waals surface area contributed by atoms with Gasteiger partial charge in [0.15, 0.2) is 0 Å². The number of rotatable bonds is 3. The molecular weight excluding hydrogens is 330 g/mol. The molecule has 0 saturated carbocycles. The highest BCUT2D eigenvalue weighted by molar-refractivity contribution is 5.74. The van der Waals surface area contributed by atoms with Gasteiger partial charge in [-0.25, -0.2) is 4.79 Å². The topological polar surface area (TPSA) is 53.1 Å². The Balaban J connectivity index is 1.47. The second-order valence-corrected chi connectivity index (χ2v) is 8.07. The number of piperidine rings is 1. The van der Waals surface area contributed by atoms with Crippen LogP contribution in [0, 0.1) is 5.92 Å². The quantitative estimate of drug-likeness (QED) is 0.772. The van der Waals surface area contributed by atoms with E-state index in [0.717, 1.165) is 52.0 Å². The molecule has 3 fully saturated rings. The number of carbonyl (C=O) groups excluding carboxylic acids is 2. The van der Waals surface area contributed by atoms with Crippen LogP contribution in [0.15, 0.2) is 0 Å². The number of ether oxygens (including phenoxy) is 1. The summed E-state index contributed by atoms with van der Waals surface area (Å²) in [6.45, 7) is 8.88. The van der Waals surface area contributed by atoms with Crippen molar-refractivity contribution in [1.29, 1.82) is 0 Å². The van der Waals surface area contributed by atoms with E-state index in [1.54, 1.807) is 6.92 Å². The van der Waals surface area contributed by atoms with E-state index in [9.17, 15) is 9.59 Å². The van der Waals surface area contributed by atoms with Gasteiger partial charge in [-0.2, -0.15) is 0 Å². The summed E-state index contributed by atoms with van der Waals surface area (Å²) in [4.78, 5) is 30.4. The number of likely N-dealkylation sites (tertiary alicyclic amines) is 3. The highest BCUT2D eigenvalue weighted by Crippen LogP contribution is 2.32. The van der Waals surface area contributed by atoms with Crippen molar-refractivity contribution in [3.05, 3.63) is 0 Å². The molecule has 2 atom stereocenters. The Morgan fingerprint density at radius 3 is 2.35 bits per heavy atom. The lowest BCUT2D eigenvalue weighted by Crippen LogP contribution is -2.47. The van der Waals surface area contributed by atoms with Gasteiger partial charge in [0.05, 0.1) is 6.61 Å². The Kier molecular flexibility index (Phi) is 6.79. The van der Waals surface area contributed by atoms with Crippen molar-refractivity contribution in [2.45, 2.75) is 70.9 Å². The zero-order chi connectivity index (χ0) is 18.5. The predicted molar refractivity (Wildman–Crippen MR) is 101 cm³/mol. The number of amides is 2. The average molecular weight is 366 g/mol. The minimum atomic E-state index is -0.155. The Morgan fingerprint density at radius 1 is 0.923 bits per heavy atom. The second-order valence-electron chi connectivity index (χ2n) is 8.07. The van der Waals surface area contributed by atoms with E-state index < -0.39 is 0 Å². The van der Waals surface area contributed by atoms with Crippen LogP contribution in [0.3, 0.4) is 0 Å². The molecule has 0 radical (unpaired) electrons. The summed E-state index contributed by atoms with van der Waals surface area (Å²) in [5.41, 5.74) is 0. The van der Waals surface area contributed by atoms with E-state index >= 15 is 0 Å². The standard InChI is InChI=1S/C20H35N3O3/c1-3-26-20(25)22-11-4-6-18(10-15-22)21-13-8-17(9-14-21)19-7-5-12-23(19)16(2)24/h17-19H,3-15H2,1-2H3. The molecule has 0 aromatic rings. The lowest BCUT2D eigenvalue weighted by Gasteiger charge is -2.41. The Morgan fingerprint density at radius 2 is 1.65 bits per heavy atom. The fraction of sp³-hybridized carbons (Fsp3) is 0.900. The molecule has 2 unspecified atom stereocenters. The normalized spacial score (nSPS) is 28.8. The third-order valence-electron chi connectivity index (χ3n) is 6.56. The molecular formula is C20H35N3O3. The minimum absolute atomic E-state index is 0.155. The molecule has 6 heteroatoms. The molecule has 3 saturated heterocycles. The summed E-state index contributed by atoms with van der Waals surface area (Å²) < 4.78 is 5.16. The zero-order valence-corrected chi connectivity index (χ0v) is 16.5. The summed E-state index contributed by atoms with van der Waals surface area (Å²) in [7, 11) is 0. The van der Waals surface area contributed by atoms with Gasteiger partial charge < -0.3 is 19.4 Å². The second kappa shape index (κ2) is 9.07. The van der Waals surface area contributed by atoms with Crippen LogP contribution in [0.4, 0.5) is 4.79 Å². The van der Waals surface area contributed by atoms with Crippen molar-refractivity contribution in [3.8, 4) is 0 Å². The third-order valence-corrected chi connectivity index (χ3v) is 6.56. The van der Waals surface area contributed by atoms with Crippen LogP contribution in [-0.4, -0.2) is 78.1 Å². The molecule has 0 aromatic carbocycles. The Bertz CT molecular complexity index is 491. The average Bonchev–Trinajstić information content (AvgIpc) is 3.00. The molecule has 3 aliphatic heterocycles. The minimum Gasteiger partial charge on any atom is -0.450 e. The van der Waals surface area contributed by atoms with Gasteiger partial charge in [-0.15, -0.1) is 0 Å². The first-order valence-electron chi connectivity index (χ1n) is 10.5. The van der Waals surface area contributed by atoms with Crippen LogP contribution in [0.25, 0.3) is 0 Å². The van der Waals surface area contributed by atoms with Crippen molar-refractivity contribution in [2.24, 2.45) is 5.92 Å². The maximum absolute atomic E-state index is 12.0. The van der Waals surface area contributed by atoms with Crippen molar-refractivity contribution < 1.29 is 14.3 Å².